The Labute approximate surface area is 189 Å². The SMILES string of the molecule is O=C(CCN1CCC(NC(=O)c2ccccc2)CC1)Nc1ccc(N2CCOCC2)cc1. The highest BCUT2D eigenvalue weighted by Crippen LogP contribution is 2.19. The molecule has 0 saturated carbocycles. The predicted molar refractivity (Wildman–Crippen MR) is 126 cm³/mol. The molecule has 0 unspecified atom stereocenters. The van der Waals surface area contributed by atoms with E-state index in [-0.39, 0.29) is 17.9 Å². The zero-order valence-corrected chi connectivity index (χ0v) is 18.5. The van der Waals surface area contributed by atoms with Gasteiger partial charge in [0.15, 0.2) is 0 Å². The summed E-state index contributed by atoms with van der Waals surface area (Å²) in [4.78, 5) is 29.3. The molecule has 2 N–H and O–H groups in total. The van der Waals surface area contributed by atoms with Crippen LogP contribution in [0.3, 0.4) is 0 Å². The van der Waals surface area contributed by atoms with Crippen molar-refractivity contribution in [2.75, 3.05) is 56.2 Å². The number of carbonyl (C=O) groups excluding carboxylic acids is 2. The normalized spacial score (nSPS) is 17.7. The monoisotopic (exact) mass is 436 g/mol. The van der Waals surface area contributed by atoms with Crippen LogP contribution in [0.2, 0.25) is 0 Å². The second kappa shape index (κ2) is 11.1. The van der Waals surface area contributed by atoms with E-state index in [0.717, 1.165) is 70.2 Å². The molecule has 7 heteroatoms. The number of anilines is 2. The van der Waals surface area contributed by atoms with Gasteiger partial charge in [-0.05, 0) is 49.2 Å². The Kier molecular flexibility index (Phi) is 7.74. The Bertz CT molecular complexity index is 874. The van der Waals surface area contributed by atoms with Crippen molar-refractivity contribution in [3.63, 3.8) is 0 Å². The number of hydrogen-bond acceptors (Lipinski definition) is 5. The first kappa shape index (κ1) is 22.3. The largest absolute Gasteiger partial charge is 0.378 e. The molecule has 2 heterocycles. The minimum Gasteiger partial charge on any atom is -0.378 e. The number of rotatable bonds is 7. The number of morpholine rings is 1. The van der Waals surface area contributed by atoms with Crippen molar-refractivity contribution in [3.8, 4) is 0 Å². The molecule has 7 nitrogen and oxygen atoms in total. The van der Waals surface area contributed by atoms with Gasteiger partial charge in [-0.2, -0.15) is 0 Å². The van der Waals surface area contributed by atoms with Gasteiger partial charge < -0.3 is 25.2 Å². The summed E-state index contributed by atoms with van der Waals surface area (Å²) in [6.07, 6.45) is 2.28. The molecule has 2 saturated heterocycles. The molecule has 2 fully saturated rings. The third-order valence-electron chi connectivity index (χ3n) is 6.14. The van der Waals surface area contributed by atoms with Gasteiger partial charge in [-0.3, -0.25) is 9.59 Å². The van der Waals surface area contributed by atoms with E-state index in [1.807, 2.05) is 42.5 Å². The van der Waals surface area contributed by atoms with E-state index in [0.29, 0.717) is 12.0 Å². The Morgan fingerprint density at radius 3 is 2.28 bits per heavy atom. The lowest BCUT2D eigenvalue weighted by atomic mass is 10.0. The highest BCUT2D eigenvalue weighted by Gasteiger charge is 2.21. The minimum absolute atomic E-state index is 0.0110. The number of nitrogens with one attached hydrogen (secondary N) is 2. The molecule has 2 aliphatic heterocycles. The maximum atomic E-state index is 12.4. The van der Waals surface area contributed by atoms with Gasteiger partial charge in [-0.15, -0.1) is 0 Å². The number of piperidine rings is 1. The first-order valence-electron chi connectivity index (χ1n) is 11.5. The van der Waals surface area contributed by atoms with Gasteiger partial charge in [0.1, 0.15) is 0 Å². The van der Waals surface area contributed by atoms with Crippen LogP contribution in [-0.4, -0.2) is 68.7 Å². The molecule has 2 aromatic rings. The van der Waals surface area contributed by atoms with Crippen molar-refractivity contribution in [1.82, 2.24) is 10.2 Å². The Morgan fingerprint density at radius 2 is 1.59 bits per heavy atom. The van der Waals surface area contributed by atoms with Crippen molar-refractivity contribution in [1.29, 1.82) is 0 Å². The summed E-state index contributed by atoms with van der Waals surface area (Å²) in [6.45, 7) is 5.83. The fraction of sp³-hybridized carbons (Fsp3) is 0.440. The van der Waals surface area contributed by atoms with Crippen LogP contribution in [0.15, 0.2) is 54.6 Å². The standard InChI is InChI=1S/C25H32N4O3/c30-24(26-21-6-8-23(9-7-21)29-16-18-32-19-17-29)12-15-28-13-10-22(11-14-28)27-25(31)20-4-2-1-3-5-20/h1-9,22H,10-19H2,(H,26,30)(H,27,31). The van der Waals surface area contributed by atoms with Crippen LogP contribution >= 0.6 is 0 Å². The van der Waals surface area contributed by atoms with E-state index < -0.39 is 0 Å². The first-order valence-corrected chi connectivity index (χ1v) is 11.5. The molecular formula is C25H32N4O3. The summed E-state index contributed by atoms with van der Waals surface area (Å²) in [5.74, 6) is 0.0201. The van der Waals surface area contributed by atoms with Crippen LogP contribution in [-0.2, 0) is 9.53 Å². The van der Waals surface area contributed by atoms with Crippen LogP contribution in [0, 0.1) is 0 Å². The van der Waals surface area contributed by atoms with E-state index >= 15 is 0 Å². The summed E-state index contributed by atoms with van der Waals surface area (Å²) < 4.78 is 5.39. The van der Waals surface area contributed by atoms with Gasteiger partial charge >= 0.3 is 0 Å². The molecule has 0 bridgehead atoms. The van der Waals surface area contributed by atoms with E-state index in [1.165, 1.54) is 0 Å². The van der Waals surface area contributed by atoms with Gasteiger partial charge in [0, 0.05) is 62.1 Å². The van der Waals surface area contributed by atoms with Crippen molar-refractivity contribution < 1.29 is 14.3 Å². The Hall–Kier alpha value is -2.90. The van der Waals surface area contributed by atoms with Crippen LogP contribution in [0.4, 0.5) is 11.4 Å². The third-order valence-corrected chi connectivity index (χ3v) is 6.14. The molecule has 2 aromatic carbocycles. The van der Waals surface area contributed by atoms with Crippen molar-refractivity contribution in [2.24, 2.45) is 0 Å². The lowest BCUT2D eigenvalue weighted by Gasteiger charge is -2.32. The summed E-state index contributed by atoms with van der Waals surface area (Å²) in [7, 11) is 0. The molecule has 0 aromatic heterocycles. The maximum absolute atomic E-state index is 12.4. The predicted octanol–water partition coefficient (Wildman–Crippen LogP) is 2.75. The molecule has 0 aliphatic carbocycles. The molecule has 2 aliphatic rings. The topological polar surface area (TPSA) is 73.9 Å². The molecule has 0 atom stereocenters. The Balaban J connectivity index is 1.15. The van der Waals surface area contributed by atoms with Gasteiger partial charge in [0.2, 0.25) is 5.91 Å². The summed E-state index contributed by atoms with van der Waals surface area (Å²) >= 11 is 0. The third kappa shape index (κ3) is 6.31. The molecule has 0 spiro atoms. The quantitative estimate of drug-likeness (QED) is 0.698. The molecule has 2 amide bonds. The minimum atomic E-state index is -0.0110. The average molecular weight is 437 g/mol. The first-order chi connectivity index (χ1) is 15.7. The number of carbonyl (C=O) groups is 2. The van der Waals surface area contributed by atoms with Gasteiger partial charge in [-0.1, -0.05) is 18.2 Å². The van der Waals surface area contributed by atoms with Crippen molar-refractivity contribution in [3.05, 3.63) is 60.2 Å². The van der Waals surface area contributed by atoms with Crippen LogP contribution in [0.25, 0.3) is 0 Å². The Morgan fingerprint density at radius 1 is 0.906 bits per heavy atom. The van der Waals surface area contributed by atoms with E-state index in [1.54, 1.807) is 0 Å². The lowest BCUT2D eigenvalue weighted by Crippen LogP contribution is -2.45. The maximum Gasteiger partial charge on any atom is 0.251 e. The molecule has 4 rings (SSSR count). The van der Waals surface area contributed by atoms with Gasteiger partial charge in [0.05, 0.1) is 13.2 Å². The summed E-state index contributed by atoms with van der Waals surface area (Å²) in [5.41, 5.74) is 2.69. The molecular weight excluding hydrogens is 404 g/mol. The molecule has 32 heavy (non-hydrogen) atoms. The fourth-order valence-corrected chi connectivity index (χ4v) is 4.22. The zero-order chi connectivity index (χ0) is 22.2. The highest BCUT2D eigenvalue weighted by atomic mass is 16.5. The number of ether oxygens (including phenoxy) is 1. The summed E-state index contributed by atoms with van der Waals surface area (Å²) in [5, 5.41) is 6.12. The highest BCUT2D eigenvalue weighted by molar-refractivity contribution is 5.94. The average Bonchev–Trinajstić information content (AvgIpc) is 2.85. The number of likely N-dealkylation sites (tertiary alicyclic amines) is 1. The second-order valence-electron chi connectivity index (χ2n) is 8.40. The number of benzene rings is 2. The van der Waals surface area contributed by atoms with Crippen LogP contribution in [0.1, 0.15) is 29.6 Å². The van der Waals surface area contributed by atoms with Gasteiger partial charge in [-0.25, -0.2) is 0 Å². The van der Waals surface area contributed by atoms with Crippen LogP contribution < -0.4 is 15.5 Å². The fourth-order valence-electron chi connectivity index (χ4n) is 4.22. The van der Waals surface area contributed by atoms with Crippen molar-refractivity contribution >= 4 is 23.2 Å². The lowest BCUT2D eigenvalue weighted by molar-refractivity contribution is -0.116. The second-order valence-corrected chi connectivity index (χ2v) is 8.40. The molecule has 170 valence electrons. The van der Waals surface area contributed by atoms with Crippen LogP contribution in [0.5, 0.6) is 0 Å². The number of nitrogens with zero attached hydrogens (tertiary/aromatic N) is 2. The number of hydrogen-bond donors (Lipinski definition) is 2. The van der Waals surface area contributed by atoms with E-state index in [4.69, 9.17) is 4.74 Å². The van der Waals surface area contributed by atoms with E-state index in [2.05, 4.69) is 32.6 Å². The molecule has 0 radical (unpaired) electrons. The smallest absolute Gasteiger partial charge is 0.251 e. The number of amides is 2. The van der Waals surface area contributed by atoms with E-state index in [9.17, 15) is 9.59 Å². The van der Waals surface area contributed by atoms with Crippen molar-refractivity contribution in [2.45, 2.75) is 25.3 Å². The zero-order valence-electron chi connectivity index (χ0n) is 18.5. The summed E-state index contributed by atoms with van der Waals surface area (Å²) in [6, 6.07) is 17.5. The van der Waals surface area contributed by atoms with Gasteiger partial charge in [0.25, 0.3) is 5.91 Å².